The number of nitrogens with one attached hydrogen (secondary N) is 1. The van der Waals surface area contributed by atoms with Crippen LogP contribution in [0.2, 0.25) is 0 Å². The van der Waals surface area contributed by atoms with E-state index >= 15 is 0 Å². The lowest BCUT2D eigenvalue weighted by molar-refractivity contribution is 0.0600. The van der Waals surface area contributed by atoms with E-state index in [1.54, 1.807) is 0 Å². The summed E-state index contributed by atoms with van der Waals surface area (Å²) in [6.45, 7) is 0.847. The van der Waals surface area contributed by atoms with E-state index in [2.05, 4.69) is 22.2 Å². The largest absolute Gasteiger partial charge is 0.465 e. The average Bonchev–Trinajstić information content (AvgIpc) is 2.46. The molecule has 0 saturated carbocycles. The monoisotopic (exact) mass is 245 g/mol. The Hall–Kier alpha value is -1.61. The van der Waals surface area contributed by atoms with Gasteiger partial charge in [-0.05, 0) is 37.0 Å². The van der Waals surface area contributed by atoms with Crippen LogP contribution in [0.5, 0.6) is 0 Å². The van der Waals surface area contributed by atoms with E-state index in [1.807, 2.05) is 24.3 Å². The van der Waals surface area contributed by atoms with Crippen LogP contribution in [0.15, 0.2) is 36.4 Å². The molecule has 18 heavy (non-hydrogen) atoms. The summed E-state index contributed by atoms with van der Waals surface area (Å²) >= 11 is 0. The molecule has 0 aromatic heterocycles. The van der Waals surface area contributed by atoms with Crippen molar-refractivity contribution < 1.29 is 9.53 Å². The van der Waals surface area contributed by atoms with Gasteiger partial charge in [-0.25, -0.2) is 4.79 Å². The van der Waals surface area contributed by atoms with Gasteiger partial charge in [0, 0.05) is 12.6 Å². The quantitative estimate of drug-likeness (QED) is 0.654. The van der Waals surface area contributed by atoms with Gasteiger partial charge in [-0.1, -0.05) is 24.3 Å². The summed E-state index contributed by atoms with van der Waals surface area (Å²) in [7, 11) is 1.40. The van der Waals surface area contributed by atoms with Crippen LogP contribution in [0.25, 0.3) is 0 Å². The van der Waals surface area contributed by atoms with Crippen LogP contribution in [-0.4, -0.2) is 19.1 Å². The predicted molar refractivity (Wildman–Crippen MR) is 71.4 cm³/mol. The molecule has 1 unspecified atom stereocenters. The molecule has 0 saturated heterocycles. The van der Waals surface area contributed by atoms with Crippen LogP contribution in [0, 0.1) is 0 Å². The Labute approximate surface area is 108 Å². The highest BCUT2D eigenvalue weighted by Crippen LogP contribution is 2.12. The number of hydrogen-bond acceptors (Lipinski definition) is 3. The van der Waals surface area contributed by atoms with E-state index in [4.69, 9.17) is 0 Å². The highest BCUT2D eigenvalue weighted by molar-refractivity contribution is 5.89. The summed E-state index contributed by atoms with van der Waals surface area (Å²) in [4.78, 5) is 11.3. The zero-order chi connectivity index (χ0) is 12.8. The number of ether oxygens (including phenoxy) is 1. The molecular weight excluding hydrogens is 226 g/mol. The van der Waals surface area contributed by atoms with Crippen molar-refractivity contribution >= 4 is 5.97 Å². The smallest absolute Gasteiger partial charge is 0.337 e. The Morgan fingerprint density at radius 1 is 1.33 bits per heavy atom. The molecule has 3 heteroatoms. The van der Waals surface area contributed by atoms with Crippen molar-refractivity contribution in [1.29, 1.82) is 0 Å². The third-order valence-electron chi connectivity index (χ3n) is 3.24. The second kappa shape index (κ2) is 6.36. The lowest BCUT2D eigenvalue weighted by atomic mass is 10.0. The Balaban J connectivity index is 1.86. The molecule has 2 rings (SSSR count). The van der Waals surface area contributed by atoms with Gasteiger partial charge in [-0.2, -0.15) is 0 Å². The molecule has 0 bridgehead atoms. The number of carbonyl (C=O) groups excluding carboxylic acids is 1. The summed E-state index contributed by atoms with van der Waals surface area (Å²) in [5, 5.41) is 3.53. The Kier molecular flexibility index (Phi) is 4.53. The van der Waals surface area contributed by atoms with Gasteiger partial charge in [0.15, 0.2) is 0 Å². The van der Waals surface area contributed by atoms with E-state index < -0.39 is 0 Å². The summed E-state index contributed by atoms with van der Waals surface area (Å²) < 4.78 is 4.67. The fourth-order valence-corrected chi connectivity index (χ4v) is 2.12. The molecule has 1 aromatic carbocycles. The SMILES string of the molecule is COC(=O)c1ccc(CNC2CC=CCC2)cc1. The maximum Gasteiger partial charge on any atom is 0.337 e. The summed E-state index contributed by atoms with van der Waals surface area (Å²) in [5.74, 6) is -0.285. The molecule has 1 N–H and O–H groups in total. The summed E-state index contributed by atoms with van der Waals surface area (Å²) in [6.07, 6.45) is 7.96. The van der Waals surface area contributed by atoms with Crippen molar-refractivity contribution in [3.8, 4) is 0 Å². The molecule has 1 atom stereocenters. The average molecular weight is 245 g/mol. The molecule has 0 spiro atoms. The van der Waals surface area contributed by atoms with E-state index in [1.165, 1.54) is 25.5 Å². The number of esters is 1. The molecule has 96 valence electrons. The Morgan fingerprint density at radius 3 is 2.72 bits per heavy atom. The summed E-state index contributed by atoms with van der Waals surface area (Å²) in [5.41, 5.74) is 1.79. The molecule has 0 aliphatic heterocycles. The van der Waals surface area contributed by atoms with Crippen molar-refractivity contribution in [3.05, 3.63) is 47.5 Å². The molecule has 1 aliphatic carbocycles. The topological polar surface area (TPSA) is 38.3 Å². The molecule has 3 nitrogen and oxygen atoms in total. The second-order valence-electron chi connectivity index (χ2n) is 4.55. The maximum absolute atomic E-state index is 11.3. The van der Waals surface area contributed by atoms with Gasteiger partial charge in [0.2, 0.25) is 0 Å². The van der Waals surface area contributed by atoms with Gasteiger partial charge in [-0.15, -0.1) is 0 Å². The van der Waals surface area contributed by atoms with E-state index in [-0.39, 0.29) is 5.97 Å². The normalized spacial score (nSPS) is 18.6. The van der Waals surface area contributed by atoms with E-state index in [0.29, 0.717) is 11.6 Å². The van der Waals surface area contributed by atoms with Gasteiger partial charge in [0.1, 0.15) is 0 Å². The lowest BCUT2D eigenvalue weighted by Gasteiger charge is -2.19. The number of allylic oxidation sites excluding steroid dienone is 1. The number of carbonyl (C=O) groups is 1. The molecule has 0 radical (unpaired) electrons. The highest BCUT2D eigenvalue weighted by Gasteiger charge is 2.09. The first-order valence-corrected chi connectivity index (χ1v) is 6.35. The van der Waals surface area contributed by atoms with Crippen molar-refractivity contribution in [2.24, 2.45) is 0 Å². The molecule has 0 heterocycles. The fourth-order valence-electron chi connectivity index (χ4n) is 2.12. The van der Waals surface area contributed by atoms with Crippen molar-refractivity contribution in [2.45, 2.75) is 31.8 Å². The van der Waals surface area contributed by atoms with E-state index in [0.717, 1.165) is 13.0 Å². The number of hydrogen-bond donors (Lipinski definition) is 1. The molecular formula is C15H19NO2. The van der Waals surface area contributed by atoms with Gasteiger partial charge in [-0.3, -0.25) is 0 Å². The first-order valence-electron chi connectivity index (χ1n) is 6.35. The lowest BCUT2D eigenvalue weighted by Crippen LogP contribution is -2.29. The zero-order valence-corrected chi connectivity index (χ0v) is 10.7. The Bertz CT molecular complexity index is 423. The number of rotatable bonds is 4. The highest BCUT2D eigenvalue weighted by atomic mass is 16.5. The van der Waals surface area contributed by atoms with Gasteiger partial charge in [0.25, 0.3) is 0 Å². The summed E-state index contributed by atoms with van der Waals surface area (Å²) in [6, 6.07) is 8.14. The third-order valence-corrected chi connectivity index (χ3v) is 3.24. The van der Waals surface area contributed by atoms with Crippen molar-refractivity contribution in [3.63, 3.8) is 0 Å². The minimum Gasteiger partial charge on any atom is -0.465 e. The Morgan fingerprint density at radius 2 is 2.11 bits per heavy atom. The van der Waals surface area contributed by atoms with Gasteiger partial charge >= 0.3 is 5.97 Å². The zero-order valence-electron chi connectivity index (χ0n) is 10.7. The first kappa shape index (κ1) is 12.8. The van der Waals surface area contributed by atoms with Crippen LogP contribution in [0.3, 0.4) is 0 Å². The first-order chi connectivity index (χ1) is 8.79. The number of benzene rings is 1. The predicted octanol–water partition coefficient (Wildman–Crippen LogP) is 2.67. The molecule has 1 aromatic rings. The minimum atomic E-state index is -0.285. The van der Waals surface area contributed by atoms with Crippen LogP contribution >= 0.6 is 0 Å². The van der Waals surface area contributed by atoms with Gasteiger partial charge < -0.3 is 10.1 Å². The number of methoxy groups -OCH3 is 1. The van der Waals surface area contributed by atoms with Crippen LogP contribution in [0.1, 0.15) is 35.2 Å². The second-order valence-corrected chi connectivity index (χ2v) is 4.55. The van der Waals surface area contributed by atoms with Crippen molar-refractivity contribution in [2.75, 3.05) is 7.11 Å². The van der Waals surface area contributed by atoms with Crippen LogP contribution < -0.4 is 5.32 Å². The molecule has 0 fully saturated rings. The minimum absolute atomic E-state index is 0.285. The fraction of sp³-hybridized carbons (Fsp3) is 0.400. The standard InChI is InChI=1S/C15H19NO2/c1-18-15(17)13-9-7-12(8-10-13)11-16-14-5-3-2-4-6-14/h2-3,7-10,14,16H,4-6,11H2,1H3. The maximum atomic E-state index is 11.3. The van der Waals surface area contributed by atoms with E-state index in [9.17, 15) is 4.79 Å². The molecule has 1 aliphatic rings. The van der Waals surface area contributed by atoms with Crippen molar-refractivity contribution in [1.82, 2.24) is 5.32 Å². The third kappa shape index (κ3) is 3.44. The molecule has 0 amide bonds. The van der Waals surface area contributed by atoms with Crippen LogP contribution in [-0.2, 0) is 11.3 Å². The van der Waals surface area contributed by atoms with Crippen LogP contribution in [0.4, 0.5) is 0 Å². The van der Waals surface area contributed by atoms with Gasteiger partial charge in [0.05, 0.1) is 12.7 Å².